The summed E-state index contributed by atoms with van der Waals surface area (Å²) in [7, 11) is -3.60. The summed E-state index contributed by atoms with van der Waals surface area (Å²) >= 11 is 0. The Morgan fingerprint density at radius 1 is 1.25 bits per heavy atom. The van der Waals surface area contributed by atoms with Gasteiger partial charge in [0.2, 0.25) is 10.0 Å². The molecule has 0 atom stereocenters. The van der Waals surface area contributed by atoms with Gasteiger partial charge < -0.3 is 5.73 Å². The molecule has 4 nitrogen and oxygen atoms in total. The van der Waals surface area contributed by atoms with Gasteiger partial charge in [-0.05, 0) is 43.0 Å². The average molecular weight is 300 g/mol. The first-order valence-corrected chi connectivity index (χ1v) is 8.08. The van der Waals surface area contributed by atoms with E-state index in [9.17, 15) is 12.8 Å². The van der Waals surface area contributed by atoms with E-state index in [0.29, 0.717) is 24.2 Å². The molecule has 6 heteroatoms. The number of hydrogen-bond acceptors (Lipinski definition) is 3. The second-order valence-corrected chi connectivity index (χ2v) is 7.90. The molecule has 0 amide bonds. The first-order valence-electron chi connectivity index (χ1n) is 6.64. The Morgan fingerprint density at radius 2 is 1.70 bits per heavy atom. The zero-order valence-electron chi connectivity index (χ0n) is 12.3. The molecule has 0 bridgehead atoms. The molecule has 1 saturated heterocycles. The van der Waals surface area contributed by atoms with Gasteiger partial charge in [0.1, 0.15) is 5.82 Å². The SMILES string of the molecule is Cc1cc(F)cc(C)c1S(=O)(=O)N1CC(N)(C(C)C)C1. The topological polar surface area (TPSA) is 63.4 Å². The van der Waals surface area contributed by atoms with E-state index in [-0.39, 0.29) is 10.8 Å². The maximum absolute atomic E-state index is 13.3. The molecule has 1 aromatic carbocycles. The highest BCUT2D eigenvalue weighted by molar-refractivity contribution is 7.89. The molecule has 1 aliphatic heterocycles. The number of benzene rings is 1. The summed E-state index contributed by atoms with van der Waals surface area (Å²) in [6.45, 7) is 7.81. The summed E-state index contributed by atoms with van der Waals surface area (Å²) in [6.07, 6.45) is 0. The lowest BCUT2D eigenvalue weighted by Crippen LogP contribution is -2.70. The minimum Gasteiger partial charge on any atom is -0.323 e. The summed E-state index contributed by atoms with van der Waals surface area (Å²) in [5, 5.41) is 0. The third kappa shape index (κ3) is 2.36. The van der Waals surface area contributed by atoms with E-state index >= 15 is 0 Å². The molecule has 0 aromatic heterocycles. The normalized spacial score (nSPS) is 19.1. The third-order valence-electron chi connectivity index (χ3n) is 4.11. The quantitative estimate of drug-likeness (QED) is 0.926. The van der Waals surface area contributed by atoms with E-state index in [0.717, 1.165) is 0 Å². The summed E-state index contributed by atoms with van der Waals surface area (Å²) in [6, 6.07) is 2.50. The molecule has 0 unspecified atom stereocenters. The minimum absolute atomic E-state index is 0.199. The number of sulfonamides is 1. The number of aryl methyl sites for hydroxylation is 2. The van der Waals surface area contributed by atoms with Gasteiger partial charge in [0.15, 0.2) is 0 Å². The summed E-state index contributed by atoms with van der Waals surface area (Å²) in [5.74, 6) is -0.206. The lowest BCUT2D eigenvalue weighted by Gasteiger charge is -2.49. The fourth-order valence-electron chi connectivity index (χ4n) is 2.58. The first kappa shape index (κ1) is 15.4. The van der Waals surface area contributed by atoms with Crippen LogP contribution in [0, 0.1) is 25.6 Å². The van der Waals surface area contributed by atoms with Crippen LogP contribution in [0.15, 0.2) is 17.0 Å². The van der Waals surface area contributed by atoms with Crippen molar-refractivity contribution in [1.82, 2.24) is 4.31 Å². The van der Waals surface area contributed by atoms with E-state index in [4.69, 9.17) is 5.73 Å². The van der Waals surface area contributed by atoms with Gasteiger partial charge in [-0.25, -0.2) is 12.8 Å². The molecule has 1 fully saturated rings. The zero-order valence-corrected chi connectivity index (χ0v) is 13.1. The predicted molar refractivity (Wildman–Crippen MR) is 76.4 cm³/mol. The molecule has 0 spiro atoms. The number of rotatable bonds is 3. The van der Waals surface area contributed by atoms with E-state index in [1.54, 1.807) is 13.8 Å². The third-order valence-corrected chi connectivity index (χ3v) is 6.21. The summed E-state index contributed by atoms with van der Waals surface area (Å²) in [5.41, 5.74) is 6.55. The molecule has 0 radical (unpaired) electrons. The standard InChI is InChI=1S/C14H21FN2O2S/c1-9(2)14(16)7-17(8-14)20(18,19)13-10(3)5-12(15)6-11(13)4/h5-6,9H,7-8,16H2,1-4H3. The van der Waals surface area contributed by atoms with Gasteiger partial charge in [-0.2, -0.15) is 4.31 Å². The van der Waals surface area contributed by atoms with Crippen molar-refractivity contribution in [3.63, 3.8) is 0 Å². The van der Waals surface area contributed by atoms with Gasteiger partial charge in [-0.15, -0.1) is 0 Å². The van der Waals surface area contributed by atoms with Crippen LogP contribution in [-0.2, 0) is 10.0 Å². The monoisotopic (exact) mass is 300 g/mol. The number of halogens is 1. The van der Waals surface area contributed by atoms with Gasteiger partial charge in [-0.3, -0.25) is 0 Å². The van der Waals surface area contributed by atoms with Crippen LogP contribution in [0.1, 0.15) is 25.0 Å². The highest BCUT2D eigenvalue weighted by Crippen LogP contribution is 2.33. The molecule has 2 N–H and O–H groups in total. The highest BCUT2D eigenvalue weighted by atomic mass is 32.2. The van der Waals surface area contributed by atoms with E-state index in [1.165, 1.54) is 16.4 Å². The summed E-state index contributed by atoms with van der Waals surface area (Å²) in [4.78, 5) is 0.199. The van der Waals surface area contributed by atoms with Crippen molar-refractivity contribution in [1.29, 1.82) is 0 Å². The number of nitrogens with zero attached hydrogens (tertiary/aromatic N) is 1. The smallest absolute Gasteiger partial charge is 0.243 e. The Morgan fingerprint density at radius 3 is 2.10 bits per heavy atom. The molecule has 0 saturated carbocycles. The van der Waals surface area contributed by atoms with Crippen LogP contribution in [0.4, 0.5) is 4.39 Å². The van der Waals surface area contributed by atoms with E-state index in [2.05, 4.69) is 0 Å². The molecule has 0 aliphatic carbocycles. The van der Waals surface area contributed by atoms with Crippen molar-refractivity contribution in [3.8, 4) is 0 Å². The van der Waals surface area contributed by atoms with Crippen LogP contribution in [0.2, 0.25) is 0 Å². The van der Waals surface area contributed by atoms with Gasteiger partial charge in [0.25, 0.3) is 0 Å². The highest BCUT2D eigenvalue weighted by Gasteiger charge is 2.48. The average Bonchev–Trinajstić information content (AvgIpc) is 2.22. The largest absolute Gasteiger partial charge is 0.323 e. The van der Waals surface area contributed by atoms with Crippen LogP contribution in [0.5, 0.6) is 0 Å². The number of nitrogens with two attached hydrogens (primary N) is 1. The molecule has 112 valence electrons. The van der Waals surface area contributed by atoms with Crippen LogP contribution < -0.4 is 5.73 Å². The minimum atomic E-state index is -3.60. The Kier molecular flexibility index (Phi) is 3.69. The van der Waals surface area contributed by atoms with Gasteiger partial charge in [0.05, 0.1) is 4.90 Å². The van der Waals surface area contributed by atoms with Crippen molar-refractivity contribution < 1.29 is 12.8 Å². The summed E-state index contributed by atoms with van der Waals surface area (Å²) < 4.78 is 39.9. The predicted octanol–water partition coefficient (Wildman–Crippen LogP) is 1.80. The van der Waals surface area contributed by atoms with Gasteiger partial charge >= 0.3 is 0 Å². The fraction of sp³-hybridized carbons (Fsp3) is 0.571. The fourth-order valence-corrected chi connectivity index (χ4v) is 4.59. The van der Waals surface area contributed by atoms with Crippen molar-refractivity contribution in [3.05, 3.63) is 29.1 Å². The first-order chi connectivity index (χ1) is 9.08. The molecule has 1 aromatic rings. The van der Waals surface area contributed by atoms with Crippen molar-refractivity contribution >= 4 is 10.0 Å². The maximum Gasteiger partial charge on any atom is 0.243 e. The van der Waals surface area contributed by atoms with Crippen molar-refractivity contribution in [2.24, 2.45) is 11.7 Å². The zero-order chi connectivity index (χ0) is 15.3. The van der Waals surface area contributed by atoms with Crippen molar-refractivity contribution in [2.75, 3.05) is 13.1 Å². The van der Waals surface area contributed by atoms with Crippen LogP contribution in [0.25, 0.3) is 0 Å². The molecular formula is C14H21FN2O2S. The second kappa shape index (κ2) is 4.79. The Labute approximate surface area is 119 Å². The molecular weight excluding hydrogens is 279 g/mol. The molecule has 1 heterocycles. The lowest BCUT2D eigenvalue weighted by molar-refractivity contribution is 0.110. The molecule has 2 rings (SSSR count). The Hall–Kier alpha value is -0.980. The lowest BCUT2D eigenvalue weighted by atomic mass is 9.82. The van der Waals surface area contributed by atoms with Gasteiger partial charge in [-0.1, -0.05) is 13.8 Å². The molecule has 20 heavy (non-hydrogen) atoms. The number of hydrogen-bond donors (Lipinski definition) is 1. The van der Waals surface area contributed by atoms with Crippen LogP contribution >= 0.6 is 0 Å². The van der Waals surface area contributed by atoms with Crippen molar-refractivity contribution in [2.45, 2.75) is 38.1 Å². The van der Waals surface area contributed by atoms with E-state index < -0.39 is 21.4 Å². The van der Waals surface area contributed by atoms with Crippen LogP contribution in [0.3, 0.4) is 0 Å². The van der Waals surface area contributed by atoms with E-state index in [1.807, 2.05) is 13.8 Å². The second-order valence-electron chi connectivity index (χ2n) is 6.03. The van der Waals surface area contributed by atoms with Crippen LogP contribution in [-0.4, -0.2) is 31.4 Å². The van der Waals surface area contributed by atoms with Gasteiger partial charge in [0, 0.05) is 18.6 Å². The molecule has 1 aliphatic rings. The Balaban J connectivity index is 2.35. The maximum atomic E-state index is 13.3. The Bertz CT molecular complexity index is 612.